The maximum absolute atomic E-state index is 12.5. The smallest absolute Gasteiger partial charge is 0.268 e. The predicted molar refractivity (Wildman–Crippen MR) is 73.9 cm³/mol. The SMILES string of the molecule is Cc1nc2c(cnn2C)c(=O)n1-c1ccccc1Cl. The molecule has 3 rings (SSSR count). The summed E-state index contributed by atoms with van der Waals surface area (Å²) in [5.74, 6) is 0.578. The summed E-state index contributed by atoms with van der Waals surface area (Å²) in [6, 6.07) is 7.19. The molecule has 3 aromatic rings. The summed E-state index contributed by atoms with van der Waals surface area (Å²) < 4.78 is 3.09. The third-order valence-corrected chi connectivity index (χ3v) is 3.35. The standard InChI is InChI=1S/C13H11ClN4O/c1-8-16-12-9(7-15-17(12)2)13(19)18(8)11-6-4-3-5-10(11)14/h3-7H,1-2H3. The van der Waals surface area contributed by atoms with Crippen molar-refractivity contribution < 1.29 is 0 Å². The van der Waals surface area contributed by atoms with Crippen LogP contribution in [-0.2, 0) is 7.05 Å². The van der Waals surface area contributed by atoms with Crippen LogP contribution in [0.1, 0.15) is 5.82 Å². The molecule has 0 saturated heterocycles. The van der Waals surface area contributed by atoms with E-state index in [2.05, 4.69) is 10.1 Å². The molecule has 6 heteroatoms. The minimum atomic E-state index is -0.163. The number of aryl methyl sites for hydroxylation is 2. The van der Waals surface area contributed by atoms with E-state index >= 15 is 0 Å². The van der Waals surface area contributed by atoms with Gasteiger partial charge in [-0.05, 0) is 19.1 Å². The van der Waals surface area contributed by atoms with Gasteiger partial charge in [-0.25, -0.2) is 4.98 Å². The molecular formula is C13H11ClN4O. The van der Waals surface area contributed by atoms with E-state index in [1.165, 1.54) is 10.8 Å². The molecular weight excluding hydrogens is 264 g/mol. The fourth-order valence-electron chi connectivity index (χ4n) is 2.10. The lowest BCUT2D eigenvalue weighted by Gasteiger charge is -2.10. The largest absolute Gasteiger partial charge is 0.269 e. The van der Waals surface area contributed by atoms with Crippen LogP contribution in [0, 0.1) is 6.92 Å². The Morgan fingerprint density at radius 3 is 2.74 bits per heavy atom. The van der Waals surface area contributed by atoms with Crippen LogP contribution in [0.2, 0.25) is 5.02 Å². The normalized spacial score (nSPS) is 11.1. The number of aromatic nitrogens is 4. The molecule has 0 bridgehead atoms. The van der Waals surface area contributed by atoms with E-state index in [-0.39, 0.29) is 5.56 Å². The first-order valence-electron chi connectivity index (χ1n) is 5.76. The monoisotopic (exact) mass is 274 g/mol. The van der Waals surface area contributed by atoms with Crippen molar-refractivity contribution in [1.82, 2.24) is 19.3 Å². The Labute approximate surface area is 114 Å². The van der Waals surface area contributed by atoms with Gasteiger partial charge in [-0.2, -0.15) is 5.10 Å². The second-order valence-electron chi connectivity index (χ2n) is 4.26. The summed E-state index contributed by atoms with van der Waals surface area (Å²) >= 11 is 6.15. The van der Waals surface area contributed by atoms with Gasteiger partial charge in [0.25, 0.3) is 5.56 Å². The van der Waals surface area contributed by atoms with Crippen LogP contribution in [0.4, 0.5) is 0 Å². The van der Waals surface area contributed by atoms with Gasteiger partial charge in [0.05, 0.1) is 16.9 Å². The number of halogens is 1. The van der Waals surface area contributed by atoms with E-state index in [0.717, 1.165) is 0 Å². The Morgan fingerprint density at radius 1 is 1.26 bits per heavy atom. The van der Waals surface area contributed by atoms with Gasteiger partial charge in [0, 0.05) is 7.05 Å². The van der Waals surface area contributed by atoms with Gasteiger partial charge in [0.2, 0.25) is 0 Å². The number of nitrogens with zero attached hydrogens (tertiary/aromatic N) is 4. The second kappa shape index (κ2) is 4.20. The fraction of sp³-hybridized carbons (Fsp3) is 0.154. The van der Waals surface area contributed by atoms with E-state index in [9.17, 15) is 4.79 Å². The van der Waals surface area contributed by atoms with Crippen LogP contribution in [0.15, 0.2) is 35.3 Å². The molecule has 0 aliphatic rings. The van der Waals surface area contributed by atoms with Crippen LogP contribution < -0.4 is 5.56 Å². The molecule has 0 atom stereocenters. The number of hydrogen-bond acceptors (Lipinski definition) is 3. The molecule has 0 saturated carbocycles. The highest BCUT2D eigenvalue weighted by Crippen LogP contribution is 2.20. The summed E-state index contributed by atoms with van der Waals surface area (Å²) in [5, 5.41) is 5.05. The zero-order chi connectivity index (χ0) is 13.6. The lowest BCUT2D eigenvalue weighted by atomic mass is 10.3. The molecule has 0 unspecified atom stereocenters. The molecule has 5 nitrogen and oxygen atoms in total. The average Bonchev–Trinajstić information content (AvgIpc) is 2.74. The first-order chi connectivity index (χ1) is 9.09. The predicted octanol–water partition coefficient (Wildman–Crippen LogP) is 2.08. The van der Waals surface area contributed by atoms with Gasteiger partial charge in [0.15, 0.2) is 5.65 Å². The molecule has 2 heterocycles. The number of rotatable bonds is 1. The van der Waals surface area contributed by atoms with Crippen molar-refractivity contribution in [2.24, 2.45) is 7.05 Å². The van der Waals surface area contributed by atoms with Crippen molar-refractivity contribution in [3.05, 3.63) is 51.7 Å². The van der Waals surface area contributed by atoms with E-state index in [1.54, 1.807) is 30.8 Å². The van der Waals surface area contributed by atoms with Crippen LogP contribution in [0.25, 0.3) is 16.7 Å². The zero-order valence-electron chi connectivity index (χ0n) is 10.5. The molecule has 0 aliphatic heterocycles. The minimum absolute atomic E-state index is 0.163. The summed E-state index contributed by atoms with van der Waals surface area (Å²) in [5.41, 5.74) is 1.04. The Bertz CT molecular complexity index is 834. The van der Waals surface area contributed by atoms with Crippen LogP contribution in [0.5, 0.6) is 0 Å². The van der Waals surface area contributed by atoms with E-state index in [1.807, 2.05) is 12.1 Å². The topological polar surface area (TPSA) is 52.7 Å². The molecule has 0 spiro atoms. The number of para-hydroxylation sites is 1. The highest BCUT2D eigenvalue weighted by atomic mass is 35.5. The Morgan fingerprint density at radius 2 is 2.00 bits per heavy atom. The molecule has 1 aromatic carbocycles. The second-order valence-corrected chi connectivity index (χ2v) is 4.66. The lowest BCUT2D eigenvalue weighted by molar-refractivity contribution is 0.777. The summed E-state index contributed by atoms with van der Waals surface area (Å²) in [6.07, 6.45) is 1.53. The number of fused-ring (bicyclic) bond motifs is 1. The molecule has 19 heavy (non-hydrogen) atoms. The Balaban J connectivity index is 2.43. The van der Waals surface area contributed by atoms with Gasteiger partial charge in [-0.3, -0.25) is 14.0 Å². The highest BCUT2D eigenvalue weighted by molar-refractivity contribution is 6.32. The van der Waals surface area contributed by atoms with Gasteiger partial charge >= 0.3 is 0 Å². The number of benzene rings is 1. The van der Waals surface area contributed by atoms with E-state index < -0.39 is 0 Å². The highest BCUT2D eigenvalue weighted by Gasteiger charge is 2.14. The maximum atomic E-state index is 12.5. The third-order valence-electron chi connectivity index (χ3n) is 3.03. The molecule has 96 valence electrons. The van der Waals surface area contributed by atoms with Crippen molar-refractivity contribution in [2.45, 2.75) is 6.92 Å². The molecule has 0 aliphatic carbocycles. The van der Waals surface area contributed by atoms with E-state index in [4.69, 9.17) is 11.6 Å². The van der Waals surface area contributed by atoms with E-state index in [0.29, 0.717) is 27.6 Å². The zero-order valence-corrected chi connectivity index (χ0v) is 11.2. The molecule has 0 amide bonds. The quantitative estimate of drug-likeness (QED) is 0.683. The van der Waals surface area contributed by atoms with Crippen molar-refractivity contribution >= 4 is 22.6 Å². The summed E-state index contributed by atoms with van der Waals surface area (Å²) in [7, 11) is 1.76. The fourth-order valence-corrected chi connectivity index (χ4v) is 2.32. The average molecular weight is 275 g/mol. The van der Waals surface area contributed by atoms with Gasteiger partial charge < -0.3 is 0 Å². The van der Waals surface area contributed by atoms with Gasteiger partial charge in [-0.1, -0.05) is 23.7 Å². The van der Waals surface area contributed by atoms with Crippen molar-refractivity contribution in [2.75, 3.05) is 0 Å². The summed E-state index contributed by atoms with van der Waals surface area (Å²) in [6.45, 7) is 1.77. The van der Waals surface area contributed by atoms with Crippen molar-refractivity contribution in [3.8, 4) is 5.69 Å². The third kappa shape index (κ3) is 1.74. The number of hydrogen-bond donors (Lipinski definition) is 0. The molecule has 0 N–H and O–H groups in total. The summed E-state index contributed by atoms with van der Waals surface area (Å²) in [4.78, 5) is 16.9. The molecule has 2 aromatic heterocycles. The first kappa shape index (κ1) is 11.9. The van der Waals surface area contributed by atoms with Crippen molar-refractivity contribution in [1.29, 1.82) is 0 Å². The van der Waals surface area contributed by atoms with Crippen LogP contribution in [-0.4, -0.2) is 19.3 Å². The van der Waals surface area contributed by atoms with Crippen molar-refractivity contribution in [3.63, 3.8) is 0 Å². The minimum Gasteiger partial charge on any atom is -0.268 e. The lowest BCUT2D eigenvalue weighted by Crippen LogP contribution is -2.22. The Hall–Kier alpha value is -2.14. The van der Waals surface area contributed by atoms with Gasteiger partial charge in [-0.15, -0.1) is 0 Å². The molecule has 0 fully saturated rings. The molecule has 0 radical (unpaired) electrons. The van der Waals surface area contributed by atoms with Crippen LogP contribution in [0.3, 0.4) is 0 Å². The maximum Gasteiger partial charge on any atom is 0.269 e. The Kier molecular flexibility index (Phi) is 2.64. The van der Waals surface area contributed by atoms with Gasteiger partial charge in [0.1, 0.15) is 11.2 Å². The first-order valence-corrected chi connectivity index (χ1v) is 6.13. The van der Waals surface area contributed by atoms with Crippen LogP contribution >= 0.6 is 11.6 Å².